The second-order valence-corrected chi connectivity index (χ2v) is 7.11. The van der Waals surface area contributed by atoms with E-state index in [1.165, 1.54) is 69.1 Å². The van der Waals surface area contributed by atoms with Gasteiger partial charge >= 0.3 is 0 Å². The summed E-state index contributed by atoms with van der Waals surface area (Å²) >= 11 is 0. The van der Waals surface area contributed by atoms with Gasteiger partial charge in [0.15, 0.2) is 0 Å². The fourth-order valence-corrected chi connectivity index (χ4v) is 2.42. The minimum Gasteiger partial charge on any atom is -0.326 e. The number of unbranched alkanes of at least 4 members (excludes halogenated alkanes) is 4. The van der Waals surface area contributed by atoms with Crippen LogP contribution in [0.3, 0.4) is 0 Å². The van der Waals surface area contributed by atoms with E-state index < -0.39 is 10.1 Å². The number of hydrogen-bond donors (Lipinski definition) is 1. The largest absolute Gasteiger partial charge is 0.326 e. The van der Waals surface area contributed by atoms with Crippen molar-refractivity contribution in [3.63, 3.8) is 0 Å². The molecular formula is C13H30NO3S+. The van der Waals surface area contributed by atoms with Crippen molar-refractivity contribution in [2.75, 3.05) is 32.9 Å². The first kappa shape index (κ1) is 17.9. The van der Waals surface area contributed by atoms with E-state index >= 15 is 0 Å². The van der Waals surface area contributed by atoms with Crippen LogP contribution < -0.4 is 0 Å². The molecule has 0 bridgehead atoms. The van der Waals surface area contributed by atoms with Crippen molar-refractivity contribution in [3.05, 3.63) is 0 Å². The maximum atomic E-state index is 9.19. The highest BCUT2D eigenvalue weighted by atomic mass is 32.2. The zero-order valence-corrected chi connectivity index (χ0v) is 13.0. The van der Waals surface area contributed by atoms with Gasteiger partial charge in [0, 0.05) is 12.8 Å². The molecule has 0 saturated carbocycles. The molecular weight excluding hydrogens is 250 g/mol. The molecule has 0 spiro atoms. The monoisotopic (exact) mass is 280 g/mol. The third-order valence-electron chi connectivity index (χ3n) is 3.45. The van der Waals surface area contributed by atoms with E-state index in [9.17, 15) is 8.42 Å². The van der Waals surface area contributed by atoms with E-state index in [0.717, 1.165) is 0 Å². The van der Waals surface area contributed by atoms with Crippen LogP contribution in [0.25, 0.3) is 0 Å². The van der Waals surface area contributed by atoms with Gasteiger partial charge in [-0.25, -0.2) is 0 Å². The van der Waals surface area contributed by atoms with Crippen molar-refractivity contribution in [1.82, 2.24) is 0 Å². The number of rotatable bonds is 6. The van der Waals surface area contributed by atoms with Crippen LogP contribution in [-0.4, -0.2) is 50.4 Å². The van der Waals surface area contributed by atoms with Crippen molar-refractivity contribution in [2.45, 2.75) is 51.9 Å². The first-order valence-corrected chi connectivity index (χ1v) is 8.88. The maximum Gasteiger partial charge on any atom is 0.261 e. The van der Waals surface area contributed by atoms with Crippen LogP contribution >= 0.6 is 0 Å². The van der Waals surface area contributed by atoms with Gasteiger partial charge in [-0.1, -0.05) is 26.2 Å². The molecule has 0 atom stereocenters. The van der Waals surface area contributed by atoms with Crippen molar-refractivity contribution in [3.8, 4) is 0 Å². The van der Waals surface area contributed by atoms with Crippen molar-refractivity contribution in [2.24, 2.45) is 0 Å². The first-order valence-electron chi connectivity index (χ1n) is 7.03. The Morgan fingerprint density at radius 1 is 1.06 bits per heavy atom. The lowest BCUT2D eigenvalue weighted by Gasteiger charge is -2.29. The number of quaternary nitrogens is 1. The highest BCUT2D eigenvalue weighted by Gasteiger charge is 2.25. The first-order chi connectivity index (χ1) is 8.27. The zero-order valence-electron chi connectivity index (χ0n) is 12.2. The van der Waals surface area contributed by atoms with E-state index in [4.69, 9.17) is 4.55 Å². The topological polar surface area (TPSA) is 54.4 Å². The smallest absolute Gasteiger partial charge is 0.261 e. The van der Waals surface area contributed by atoms with Crippen LogP contribution in [0.1, 0.15) is 51.9 Å². The molecule has 0 unspecified atom stereocenters. The Labute approximate surface area is 113 Å². The molecule has 110 valence electrons. The summed E-state index contributed by atoms with van der Waals surface area (Å²) in [6, 6.07) is 0. The Bertz CT molecular complexity index is 287. The molecule has 0 aromatic heterocycles. The van der Waals surface area contributed by atoms with Crippen LogP contribution in [-0.2, 0) is 10.1 Å². The molecule has 0 aromatic rings. The Balaban J connectivity index is 0.000000494. The third-order valence-corrected chi connectivity index (χ3v) is 3.45. The highest BCUT2D eigenvalue weighted by molar-refractivity contribution is 7.85. The van der Waals surface area contributed by atoms with Gasteiger partial charge in [-0.05, 0) is 12.8 Å². The molecule has 0 aliphatic carbocycles. The van der Waals surface area contributed by atoms with Crippen LogP contribution in [0.2, 0.25) is 0 Å². The van der Waals surface area contributed by atoms with Crippen molar-refractivity contribution in [1.29, 1.82) is 0 Å². The van der Waals surface area contributed by atoms with E-state index in [2.05, 4.69) is 14.0 Å². The second-order valence-electron chi connectivity index (χ2n) is 5.64. The summed E-state index contributed by atoms with van der Waals surface area (Å²) in [5, 5.41) is 0. The quantitative estimate of drug-likeness (QED) is 0.462. The van der Waals surface area contributed by atoms with Crippen LogP contribution in [0, 0.1) is 0 Å². The Hall–Kier alpha value is -0.130. The molecule has 18 heavy (non-hydrogen) atoms. The molecule has 1 saturated heterocycles. The fraction of sp³-hybridized carbons (Fsp3) is 1.00. The minimum absolute atomic E-state index is 0.715. The van der Waals surface area contributed by atoms with Crippen LogP contribution in [0.4, 0.5) is 0 Å². The second kappa shape index (κ2) is 8.88. The van der Waals surface area contributed by atoms with Gasteiger partial charge < -0.3 is 4.48 Å². The Morgan fingerprint density at radius 3 is 1.94 bits per heavy atom. The lowest BCUT2D eigenvalue weighted by atomic mass is 10.1. The normalized spacial score (nSPS) is 18.2. The summed E-state index contributed by atoms with van der Waals surface area (Å²) in [5.74, 6) is 0. The van der Waals surface area contributed by atoms with E-state index in [1.807, 2.05) is 0 Å². The predicted octanol–water partition coefficient (Wildman–Crippen LogP) is 2.70. The Morgan fingerprint density at radius 2 is 1.50 bits per heavy atom. The van der Waals surface area contributed by atoms with Gasteiger partial charge in [-0.3, -0.25) is 4.55 Å². The van der Waals surface area contributed by atoms with Crippen LogP contribution in [0.15, 0.2) is 0 Å². The molecule has 1 aliphatic heterocycles. The standard InChI is InChI=1S/C12H26N.CH4O3S/c1-3-4-5-6-7-10-13(2)11-8-9-12-13;1-5(2,3)4/h3-12H2,1-2H3;1H3,(H,2,3,4)/q+1;. The fourth-order valence-electron chi connectivity index (χ4n) is 2.42. The van der Waals surface area contributed by atoms with E-state index in [-0.39, 0.29) is 0 Å². The minimum atomic E-state index is -3.67. The third kappa shape index (κ3) is 12.3. The van der Waals surface area contributed by atoms with Gasteiger partial charge in [-0.15, -0.1) is 0 Å². The molecule has 5 heteroatoms. The molecule has 1 aliphatic rings. The average Bonchev–Trinajstić information content (AvgIpc) is 2.63. The van der Waals surface area contributed by atoms with Gasteiger partial charge in [0.1, 0.15) is 0 Å². The molecule has 0 radical (unpaired) electrons. The van der Waals surface area contributed by atoms with Gasteiger partial charge in [-0.2, -0.15) is 8.42 Å². The average molecular weight is 280 g/mol. The molecule has 1 rings (SSSR count). The number of nitrogens with zero attached hydrogens (tertiary/aromatic N) is 1. The molecule has 1 fully saturated rings. The molecule has 1 heterocycles. The highest BCUT2D eigenvalue weighted by Crippen LogP contribution is 2.17. The zero-order chi connectivity index (χ0) is 14.1. The summed E-state index contributed by atoms with van der Waals surface area (Å²) in [6.45, 7) is 6.60. The van der Waals surface area contributed by atoms with E-state index in [1.54, 1.807) is 0 Å². The Kier molecular flexibility index (Phi) is 8.82. The number of hydrogen-bond acceptors (Lipinski definition) is 2. The lowest BCUT2D eigenvalue weighted by molar-refractivity contribution is -0.897. The molecule has 1 N–H and O–H groups in total. The van der Waals surface area contributed by atoms with Crippen molar-refractivity contribution < 1.29 is 17.5 Å². The van der Waals surface area contributed by atoms with Gasteiger partial charge in [0.25, 0.3) is 10.1 Å². The summed E-state index contributed by atoms with van der Waals surface area (Å²) in [5.41, 5.74) is 0. The summed E-state index contributed by atoms with van der Waals surface area (Å²) < 4.78 is 27.2. The molecule has 0 aromatic carbocycles. The van der Waals surface area contributed by atoms with Crippen molar-refractivity contribution >= 4 is 10.1 Å². The van der Waals surface area contributed by atoms with Gasteiger partial charge in [0.2, 0.25) is 0 Å². The maximum absolute atomic E-state index is 9.19. The summed E-state index contributed by atoms with van der Waals surface area (Å²) in [6.07, 6.45) is 10.8. The molecule has 4 nitrogen and oxygen atoms in total. The predicted molar refractivity (Wildman–Crippen MR) is 76.3 cm³/mol. The molecule has 0 amide bonds. The van der Waals surface area contributed by atoms with Gasteiger partial charge in [0.05, 0.1) is 32.9 Å². The van der Waals surface area contributed by atoms with Crippen LogP contribution in [0.5, 0.6) is 0 Å². The number of likely N-dealkylation sites (tertiary alicyclic amines) is 1. The van der Waals surface area contributed by atoms with E-state index in [0.29, 0.717) is 6.26 Å². The lowest BCUT2D eigenvalue weighted by Crippen LogP contribution is -2.41. The SMILES string of the molecule is CCCCCCC[N+]1(C)CCCC1.CS(=O)(=O)O. The summed E-state index contributed by atoms with van der Waals surface area (Å²) in [4.78, 5) is 0. The summed E-state index contributed by atoms with van der Waals surface area (Å²) in [7, 11) is -1.23.